The number of alkyl halides is 2. The van der Waals surface area contributed by atoms with Crippen LogP contribution in [0.1, 0.15) is 29.8 Å². The van der Waals surface area contributed by atoms with E-state index in [9.17, 15) is 18.4 Å². The highest BCUT2D eigenvalue weighted by Gasteiger charge is 2.13. The van der Waals surface area contributed by atoms with Gasteiger partial charge in [-0.2, -0.15) is 8.78 Å². The predicted molar refractivity (Wildman–Crippen MR) is 105 cm³/mol. The van der Waals surface area contributed by atoms with Crippen LogP contribution >= 0.6 is 0 Å². The zero-order valence-electron chi connectivity index (χ0n) is 16.4. The van der Waals surface area contributed by atoms with Gasteiger partial charge in [0.25, 0.3) is 0 Å². The molecule has 0 fully saturated rings. The molecule has 0 unspecified atom stereocenters. The van der Waals surface area contributed by atoms with Crippen molar-refractivity contribution in [3.63, 3.8) is 0 Å². The monoisotopic (exact) mass is 406 g/mol. The Bertz CT molecular complexity index is 813. The fourth-order valence-corrected chi connectivity index (χ4v) is 2.65. The number of carbonyl (C=O) groups excluding carboxylic acids is 2. The molecule has 29 heavy (non-hydrogen) atoms. The highest BCUT2D eigenvalue weighted by Crippen LogP contribution is 2.17. The zero-order valence-corrected chi connectivity index (χ0v) is 16.4. The molecular formula is C21H24F2N2O4. The second kappa shape index (κ2) is 11.0. The second-order valence-corrected chi connectivity index (χ2v) is 6.08. The Kier molecular flexibility index (Phi) is 8.39. The van der Waals surface area contributed by atoms with Crippen molar-refractivity contribution in [2.45, 2.75) is 27.0 Å². The SMILES string of the molecule is CCOC(=O)c1cccc(N(CC)CC(=O)NCc2ccc(OC(F)F)cc2)c1. The van der Waals surface area contributed by atoms with Gasteiger partial charge in [-0.3, -0.25) is 4.79 Å². The summed E-state index contributed by atoms with van der Waals surface area (Å²) in [7, 11) is 0. The molecule has 0 saturated carbocycles. The molecule has 0 radical (unpaired) electrons. The van der Waals surface area contributed by atoms with Gasteiger partial charge in [0, 0.05) is 18.8 Å². The third kappa shape index (κ3) is 7.06. The molecule has 0 aliphatic heterocycles. The normalized spacial score (nSPS) is 10.5. The largest absolute Gasteiger partial charge is 0.462 e. The molecule has 6 nitrogen and oxygen atoms in total. The number of amides is 1. The first-order valence-electron chi connectivity index (χ1n) is 9.25. The first kappa shape index (κ1) is 22.1. The number of carbonyl (C=O) groups is 2. The molecule has 0 spiro atoms. The Morgan fingerprint density at radius 2 is 1.83 bits per heavy atom. The Hall–Kier alpha value is -3.16. The highest BCUT2D eigenvalue weighted by atomic mass is 19.3. The van der Waals surface area contributed by atoms with Crippen LogP contribution in [0.4, 0.5) is 14.5 Å². The van der Waals surface area contributed by atoms with E-state index in [4.69, 9.17) is 4.74 Å². The van der Waals surface area contributed by atoms with E-state index in [1.807, 2.05) is 17.9 Å². The van der Waals surface area contributed by atoms with Crippen LogP contribution in [0.5, 0.6) is 5.75 Å². The summed E-state index contributed by atoms with van der Waals surface area (Å²) in [6, 6.07) is 13.0. The second-order valence-electron chi connectivity index (χ2n) is 6.08. The van der Waals surface area contributed by atoms with Crippen molar-refractivity contribution in [3.8, 4) is 5.75 Å². The number of esters is 1. The van der Waals surface area contributed by atoms with Crippen molar-refractivity contribution in [3.05, 3.63) is 59.7 Å². The third-order valence-corrected chi connectivity index (χ3v) is 4.08. The molecule has 1 amide bonds. The topological polar surface area (TPSA) is 67.9 Å². The van der Waals surface area contributed by atoms with Gasteiger partial charge >= 0.3 is 12.6 Å². The Balaban J connectivity index is 1.93. The van der Waals surface area contributed by atoms with Gasteiger partial charge in [0.15, 0.2) is 0 Å². The standard InChI is InChI=1S/C21H24F2N2O4/c1-3-25(17-7-5-6-16(12-17)20(27)28-4-2)14-19(26)24-13-15-8-10-18(11-9-15)29-21(22)23/h5-12,21H,3-4,13-14H2,1-2H3,(H,24,26). The fourth-order valence-electron chi connectivity index (χ4n) is 2.65. The Morgan fingerprint density at radius 3 is 2.45 bits per heavy atom. The summed E-state index contributed by atoms with van der Waals surface area (Å²) >= 11 is 0. The fraction of sp³-hybridized carbons (Fsp3) is 0.333. The van der Waals surface area contributed by atoms with Crippen LogP contribution in [0.2, 0.25) is 0 Å². The van der Waals surface area contributed by atoms with Crippen molar-refractivity contribution in [1.82, 2.24) is 5.32 Å². The summed E-state index contributed by atoms with van der Waals surface area (Å²) in [5.74, 6) is -0.552. The van der Waals surface area contributed by atoms with Gasteiger partial charge in [0.1, 0.15) is 5.75 Å². The van der Waals surface area contributed by atoms with E-state index < -0.39 is 12.6 Å². The van der Waals surface area contributed by atoms with E-state index in [0.717, 1.165) is 11.3 Å². The van der Waals surface area contributed by atoms with Crippen LogP contribution in [0.3, 0.4) is 0 Å². The van der Waals surface area contributed by atoms with E-state index in [2.05, 4.69) is 10.1 Å². The molecule has 2 rings (SSSR count). The summed E-state index contributed by atoms with van der Waals surface area (Å²) in [6.07, 6.45) is 0. The maximum atomic E-state index is 12.3. The van der Waals surface area contributed by atoms with Gasteiger partial charge in [0.2, 0.25) is 5.91 Å². The number of ether oxygens (including phenoxy) is 2. The summed E-state index contributed by atoms with van der Waals surface area (Å²) < 4.78 is 33.6. The number of likely N-dealkylation sites (N-methyl/N-ethyl adjacent to an activating group) is 1. The first-order chi connectivity index (χ1) is 13.9. The minimum Gasteiger partial charge on any atom is -0.462 e. The van der Waals surface area contributed by atoms with Gasteiger partial charge < -0.3 is 19.7 Å². The lowest BCUT2D eigenvalue weighted by Gasteiger charge is -2.23. The third-order valence-electron chi connectivity index (χ3n) is 4.08. The Labute approximate surface area is 168 Å². The Morgan fingerprint density at radius 1 is 1.10 bits per heavy atom. The highest BCUT2D eigenvalue weighted by molar-refractivity contribution is 5.91. The van der Waals surface area contributed by atoms with Crippen LogP contribution in [-0.4, -0.2) is 38.2 Å². The molecule has 0 atom stereocenters. The molecule has 2 aromatic carbocycles. The number of hydrogen-bond acceptors (Lipinski definition) is 5. The van der Waals surface area contributed by atoms with Gasteiger partial charge in [-0.05, 0) is 49.7 Å². The number of nitrogens with one attached hydrogen (secondary N) is 1. The average Bonchev–Trinajstić information content (AvgIpc) is 2.71. The minimum atomic E-state index is -2.87. The number of nitrogens with zero attached hydrogens (tertiary/aromatic N) is 1. The summed E-state index contributed by atoms with van der Waals surface area (Å²) in [5.41, 5.74) is 1.92. The quantitative estimate of drug-likeness (QED) is 0.611. The summed E-state index contributed by atoms with van der Waals surface area (Å²) in [6.45, 7) is 2.00. The molecule has 0 heterocycles. The lowest BCUT2D eigenvalue weighted by Crippen LogP contribution is -2.37. The minimum absolute atomic E-state index is 0.0636. The smallest absolute Gasteiger partial charge is 0.387 e. The summed E-state index contributed by atoms with van der Waals surface area (Å²) in [4.78, 5) is 26.1. The molecule has 8 heteroatoms. The first-order valence-corrected chi connectivity index (χ1v) is 9.25. The molecule has 0 aliphatic carbocycles. The van der Waals surface area contributed by atoms with Crippen molar-refractivity contribution in [1.29, 1.82) is 0 Å². The molecule has 0 aliphatic rings. The van der Waals surface area contributed by atoms with Gasteiger partial charge in [0.05, 0.1) is 18.7 Å². The molecule has 0 saturated heterocycles. The van der Waals surface area contributed by atoms with Gasteiger partial charge in [-0.15, -0.1) is 0 Å². The lowest BCUT2D eigenvalue weighted by atomic mass is 10.2. The van der Waals surface area contributed by atoms with Gasteiger partial charge in [-0.1, -0.05) is 18.2 Å². The maximum Gasteiger partial charge on any atom is 0.387 e. The number of benzene rings is 2. The van der Waals surface area contributed by atoms with Crippen LogP contribution in [-0.2, 0) is 16.1 Å². The molecular weight excluding hydrogens is 382 g/mol. The van der Waals surface area contributed by atoms with Crippen LogP contribution in [0.15, 0.2) is 48.5 Å². The van der Waals surface area contributed by atoms with E-state index in [0.29, 0.717) is 12.1 Å². The summed E-state index contributed by atoms with van der Waals surface area (Å²) in [5, 5.41) is 2.79. The van der Waals surface area contributed by atoms with Crippen LogP contribution in [0, 0.1) is 0 Å². The number of anilines is 1. The predicted octanol–water partition coefficient (Wildman–Crippen LogP) is 3.61. The van der Waals surface area contributed by atoms with Crippen molar-refractivity contribution in [2.75, 3.05) is 24.6 Å². The van der Waals surface area contributed by atoms with Crippen LogP contribution in [0.25, 0.3) is 0 Å². The van der Waals surface area contributed by atoms with Crippen molar-refractivity contribution in [2.24, 2.45) is 0 Å². The molecule has 2 aromatic rings. The molecule has 0 aromatic heterocycles. The van der Waals surface area contributed by atoms with E-state index >= 15 is 0 Å². The van der Waals surface area contributed by atoms with Crippen LogP contribution < -0.4 is 15.0 Å². The maximum absolute atomic E-state index is 12.3. The van der Waals surface area contributed by atoms with E-state index in [1.54, 1.807) is 37.3 Å². The molecule has 1 N–H and O–H groups in total. The molecule has 0 bridgehead atoms. The van der Waals surface area contributed by atoms with Gasteiger partial charge in [-0.25, -0.2) is 4.79 Å². The number of rotatable bonds is 10. The zero-order chi connectivity index (χ0) is 21.2. The van der Waals surface area contributed by atoms with Crippen molar-refractivity contribution < 1.29 is 27.8 Å². The van der Waals surface area contributed by atoms with E-state index in [-0.39, 0.29) is 31.4 Å². The van der Waals surface area contributed by atoms with E-state index in [1.165, 1.54) is 12.1 Å². The lowest BCUT2D eigenvalue weighted by molar-refractivity contribution is -0.119. The number of halogens is 2. The number of hydrogen-bond donors (Lipinski definition) is 1. The van der Waals surface area contributed by atoms with Crippen molar-refractivity contribution >= 4 is 17.6 Å². The average molecular weight is 406 g/mol. The molecule has 156 valence electrons.